The second-order valence-corrected chi connectivity index (χ2v) is 5.90. The maximum Gasteiger partial charge on any atom is 0.335 e. The van der Waals surface area contributed by atoms with Gasteiger partial charge in [-0.15, -0.1) is 0 Å². The summed E-state index contributed by atoms with van der Waals surface area (Å²) in [7, 11) is 0. The Morgan fingerprint density at radius 2 is 1.96 bits per heavy atom. The van der Waals surface area contributed by atoms with E-state index in [1.165, 1.54) is 24.3 Å². The fourth-order valence-electron chi connectivity index (χ4n) is 3.05. The predicted molar refractivity (Wildman–Crippen MR) is 91.9 cm³/mol. The summed E-state index contributed by atoms with van der Waals surface area (Å²) in [4.78, 5) is 28.3. The molecule has 0 aliphatic carbocycles. The molecule has 2 heterocycles. The SMILES string of the molecule is O=C(O)c1ccc2nc3n(c(=O)c2c1)CC/C3=C\c1ccc(F)cc1. The molecule has 1 N–H and O–H groups in total. The van der Waals surface area contributed by atoms with Crippen molar-refractivity contribution in [2.24, 2.45) is 0 Å². The number of nitrogens with zero attached hydrogens (tertiary/aromatic N) is 2. The number of hydrogen-bond donors (Lipinski definition) is 1. The van der Waals surface area contributed by atoms with Gasteiger partial charge in [-0.2, -0.15) is 0 Å². The van der Waals surface area contributed by atoms with Crippen molar-refractivity contribution in [1.82, 2.24) is 9.55 Å². The van der Waals surface area contributed by atoms with Crippen molar-refractivity contribution in [2.75, 3.05) is 0 Å². The van der Waals surface area contributed by atoms with E-state index in [4.69, 9.17) is 5.11 Å². The number of aromatic nitrogens is 2. The lowest BCUT2D eigenvalue weighted by atomic mass is 10.1. The van der Waals surface area contributed by atoms with Crippen LogP contribution in [0, 0.1) is 5.82 Å². The van der Waals surface area contributed by atoms with E-state index in [0.29, 0.717) is 29.7 Å². The summed E-state index contributed by atoms with van der Waals surface area (Å²) in [5.74, 6) is -0.808. The fourth-order valence-corrected chi connectivity index (χ4v) is 3.05. The molecule has 0 radical (unpaired) electrons. The van der Waals surface area contributed by atoms with Crippen molar-refractivity contribution >= 4 is 28.5 Å². The molecule has 0 saturated heterocycles. The molecular formula is C19H13FN2O3. The van der Waals surface area contributed by atoms with E-state index in [0.717, 1.165) is 11.1 Å². The highest BCUT2D eigenvalue weighted by Crippen LogP contribution is 2.27. The van der Waals surface area contributed by atoms with E-state index >= 15 is 0 Å². The number of carbonyl (C=O) groups is 1. The Kier molecular flexibility index (Phi) is 3.46. The molecule has 5 nitrogen and oxygen atoms in total. The van der Waals surface area contributed by atoms with Gasteiger partial charge in [-0.3, -0.25) is 9.36 Å². The molecule has 0 unspecified atom stereocenters. The number of halogens is 1. The smallest absolute Gasteiger partial charge is 0.335 e. The van der Waals surface area contributed by atoms with Crippen LogP contribution < -0.4 is 5.56 Å². The van der Waals surface area contributed by atoms with Gasteiger partial charge in [0.2, 0.25) is 0 Å². The van der Waals surface area contributed by atoms with Crippen LogP contribution in [0.2, 0.25) is 0 Å². The van der Waals surface area contributed by atoms with Crippen LogP contribution in [0.4, 0.5) is 4.39 Å². The standard InChI is InChI=1S/C19H13FN2O3/c20-14-4-1-11(2-5-14)9-12-7-8-22-17(12)21-16-6-3-13(19(24)25)10-15(16)18(22)23/h1-6,9-10H,7-8H2,(H,24,25)/b12-9+. The zero-order valence-electron chi connectivity index (χ0n) is 13.1. The number of benzene rings is 2. The monoisotopic (exact) mass is 336 g/mol. The van der Waals surface area contributed by atoms with E-state index in [1.54, 1.807) is 22.8 Å². The normalized spacial score (nSPS) is 14.8. The number of aromatic carboxylic acids is 1. The van der Waals surface area contributed by atoms with Gasteiger partial charge in [0.15, 0.2) is 0 Å². The molecule has 4 rings (SSSR count). The van der Waals surface area contributed by atoms with Crippen LogP contribution in [0.1, 0.15) is 28.2 Å². The number of hydrogen-bond acceptors (Lipinski definition) is 3. The maximum atomic E-state index is 13.0. The summed E-state index contributed by atoms with van der Waals surface area (Å²) in [6, 6.07) is 10.5. The second kappa shape index (κ2) is 5.66. The topological polar surface area (TPSA) is 72.2 Å². The average Bonchev–Trinajstić information content (AvgIpc) is 3.00. The van der Waals surface area contributed by atoms with Crippen molar-refractivity contribution in [3.63, 3.8) is 0 Å². The summed E-state index contributed by atoms with van der Waals surface area (Å²) in [6.07, 6.45) is 2.53. The van der Waals surface area contributed by atoms with Gasteiger partial charge in [-0.25, -0.2) is 14.2 Å². The molecule has 0 fully saturated rings. The van der Waals surface area contributed by atoms with E-state index in [-0.39, 0.29) is 16.9 Å². The molecule has 1 aliphatic rings. The van der Waals surface area contributed by atoms with Crippen LogP contribution in [-0.4, -0.2) is 20.6 Å². The first-order valence-electron chi connectivity index (χ1n) is 7.77. The Hall–Kier alpha value is -3.28. The largest absolute Gasteiger partial charge is 0.478 e. The Bertz CT molecular complexity index is 1100. The average molecular weight is 336 g/mol. The van der Waals surface area contributed by atoms with Crippen LogP contribution >= 0.6 is 0 Å². The molecule has 124 valence electrons. The molecule has 0 saturated carbocycles. The minimum Gasteiger partial charge on any atom is -0.478 e. The highest BCUT2D eigenvalue weighted by atomic mass is 19.1. The van der Waals surface area contributed by atoms with Crippen molar-refractivity contribution in [1.29, 1.82) is 0 Å². The van der Waals surface area contributed by atoms with Gasteiger partial charge in [0.05, 0.1) is 16.5 Å². The highest BCUT2D eigenvalue weighted by Gasteiger charge is 2.21. The zero-order valence-corrected chi connectivity index (χ0v) is 13.1. The summed E-state index contributed by atoms with van der Waals surface area (Å²) in [6.45, 7) is 0.488. The number of carboxylic acids is 1. The number of carboxylic acid groups (broad SMARTS) is 1. The lowest BCUT2D eigenvalue weighted by Gasteiger charge is -2.06. The van der Waals surface area contributed by atoms with Gasteiger partial charge >= 0.3 is 5.97 Å². The first-order chi connectivity index (χ1) is 12.0. The quantitative estimate of drug-likeness (QED) is 0.780. The van der Waals surface area contributed by atoms with Crippen LogP contribution in [0.15, 0.2) is 47.3 Å². The van der Waals surface area contributed by atoms with E-state index in [1.807, 2.05) is 6.08 Å². The summed E-state index contributed by atoms with van der Waals surface area (Å²) in [5, 5.41) is 9.39. The summed E-state index contributed by atoms with van der Waals surface area (Å²) >= 11 is 0. The van der Waals surface area contributed by atoms with Gasteiger partial charge in [0.1, 0.15) is 11.6 Å². The van der Waals surface area contributed by atoms with Gasteiger partial charge in [-0.1, -0.05) is 12.1 Å². The fraction of sp³-hybridized carbons (Fsp3) is 0.105. The van der Waals surface area contributed by atoms with Crippen molar-refractivity contribution in [3.8, 4) is 0 Å². The molecule has 1 aromatic heterocycles. The van der Waals surface area contributed by atoms with Gasteiger partial charge in [0, 0.05) is 6.54 Å². The van der Waals surface area contributed by atoms with Crippen LogP contribution in [0.25, 0.3) is 22.6 Å². The van der Waals surface area contributed by atoms with Crippen LogP contribution in [0.3, 0.4) is 0 Å². The third-order valence-corrected chi connectivity index (χ3v) is 4.30. The minimum atomic E-state index is -1.08. The number of fused-ring (bicyclic) bond motifs is 2. The molecule has 1 aliphatic heterocycles. The van der Waals surface area contributed by atoms with E-state index in [2.05, 4.69) is 4.98 Å². The second-order valence-electron chi connectivity index (χ2n) is 5.90. The number of allylic oxidation sites excluding steroid dienone is 1. The molecule has 0 atom stereocenters. The molecule has 0 amide bonds. The summed E-state index contributed by atoms with van der Waals surface area (Å²) in [5.41, 5.74) is 2.01. The maximum absolute atomic E-state index is 13.0. The molecule has 0 spiro atoms. The Morgan fingerprint density at radius 3 is 2.68 bits per heavy atom. The Labute approximate surface area is 141 Å². The van der Waals surface area contributed by atoms with Crippen LogP contribution in [0.5, 0.6) is 0 Å². The number of rotatable bonds is 2. The summed E-state index contributed by atoms with van der Waals surface area (Å²) < 4.78 is 14.6. The molecule has 6 heteroatoms. The predicted octanol–water partition coefficient (Wildman–Crippen LogP) is 3.18. The van der Waals surface area contributed by atoms with E-state index < -0.39 is 5.97 Å². The van der Waals surface area contributed by atoms with Crippen molar-refractivity contribution in [3.05, 3.63) is 75.6 Å². The van der Waals surface area contributed by atoms with E-state index in [9.17, 15) is 14.0 Å². The molecule has 2 aromatic carbocycles. The first kappa shape index (κ1) is 15.3. The Morgan fingerprint density at radius 1 is 1.20 bits per heavy atom. The van der Waals surface area contributed by atoms with Gasteiger partial charge in [0.25, 0.3) is 5.56 Å². The molecular weight excluding hydrogens is 323 g/mol. The first-order valence-corrected chi connectivity index (χ1v) is 7.77. The lowest BCUT2D eigenvalue weighted by Crippen LogP contribution is -2.21. The van der Waals surface area contributed by atoms with Crippen molar-refractivity contribution in [2.45, 2.75) is 13.0 Å². The van der Waals surface area contributed by atoms with Gasteiger partial charge in [-0.05, 0) is 54.0 Å². The highest BCUT2D eigenvalue weighted by molar-refractivity contribution is 5.93. The Balaban J connectivity index is 1.87. The lowest BCUT2D eigenvalue weighted by molar-refractivity contribution is 0.0697. The third-order valence-electron chi connectivity index (χ3n) is 4.30. The van der Waals surface area contributed by atoms with Crippen LogP contribution in [-0.2, 0) is 6.54 Å². The molecule has 0 bridgehead atoms. The minimum absolute atomic E-state index is 0.0621. The zero-order chi connectivity index (χ0) is 17.6. The van der Waals surface area contributed by atoms with Gasteiger partial charge < -0.3 is 5.11 Å². The molecule has 3 aromatic rings. The molecule has 25 heavy (non-hydrogen) atoms. The third kappa shape index (κ3) is 2.61. The van der Waals surface area contributed by atoms with Crippen molar-refractivity contribution < 1.29 is 14.3 Å².